The van der Waals surface area contributed by atoms with Gasteiger partial charge in [-0.25, -0.2) is 12.7 Å². The van der Waals surface area contributed by atoms with Gasteiger partial charge in [0.1, 0.15) is 0 Å². The maximum atomic E-state index is 12.3. The minimum absolute atomic E-state index is 0.124. The van der Waals surface area contributed by atoms with Crippen molar-refractivity contribution in [2.45, 2.75) is 12.8 Å². The number of carbonyl (C=O) groups excluding carboxylic acids is 1. The SMILES string of the molecule is CS(=O)(=O)N(CCNC(=O)Cc1c[nH]c2ccccc12)CCc1ccccc1. The van der Waals surface area contributed by atoms with E-state index in [1.165, 1.54) is 10.6 Å². The number of hydrogen-bond acceptors (Lipinski definition) is 3. The van der Waals surface area contributed by atoms with Gasteiger partial charge in [-0.05, 0) is 23.6 Å². The molecule has 0 aliphatic heterocycles. The third-order valence-electron chi connectivity index (χ3n) is 4.67. The van der Waals surface area contributed by atoms with Crippen molar-refractivity contribution in [2.24, 2.45) is 0 Å². The number of amides is 1. The molecule has 0 atom stereocenters. The molecule has 0 aliphatic carbocycles. The van der Waals surface area contributed by atoms with E-state index in [1.807, 2.05) is 60.8 Å². The second-order valence-electron chi connectivity index (χ2n) is 6.78. The summed E-state index contributed by atoms with van der Waals surface area (Å²) in [7, 11) is -3.33. The van der Waals surface area contributed by atoms with Crippen molar-refractivity contribution in [1.29, 1.82) is 0 Å². The van der Waals surface area contributed by atoms with Gasteiger partial charge in [0.25, 0.3) is 0 Å². The van der Waals surface area contributed by atoms with Gasteiger partial charge in [0.05, 0.1) is 12.7 Å². The van der Waals surface area contributed by atoms with Crippen molar-refractivity contribution >= 4 is 26.8 Å². The van der Waals surface area contributed by atoms with Gasteiger partial charge in [0.2, 0.25) is 15.9 Å². The highest BCUT2D eigenvalue weighted by Gasteiger charge is 2.16. The molecule has 3 rings (SSSR count). The van der Waals surface area contributed by atoms with E-state index in [0.29, 0.717) is 13.0 Å². The Balaban J connectivity index is 1.51. The zero-order valence-electron chi connectivity index (χ0n) is 15.9. The van der Waals surface area contributed by atoms with Crippen LogP contribution in [0.2, 0.25) is 0 Å². The van der Waals surface area contributed by atoms with Gasteiger partial charge in [-0.1, -0.05) is 48.5 Å². The number of nitrogens with zero attached hydrogens (tertiary/aromatic N) is 1. The first-order valence-corrected chi connectivity index (χ1v) is 11.1. The van der Waals surface area contributed by atoms with Crippen molar-refractivity contribution < 1.29 is 13.2 Å². The van der Waals surface area contributed by atoms with Crippen LogP contribution in [0.25, 0.3) is 10.9 Å². The van der Waals surface area contributed by atoms with E-state index >= 15 is 0 Å². The molecule has 3 aromatic rings. The van der Waals surface area contributed by atoms with Crippen molar-refractivity contribution in [3.05, 3.63) is 71.9 Å². The number of carbonyl (C=O) groups is 1. The van der Waals surface area contributed by atoms with Gasteiger partial charge < -0.3 is 10.3 Å². The lowest BCUT2D eigenvalue weighted by Crippen LogP contribution is -2.39. The molecular formula is C21H25N3O3S. The fourth-order valence-electron chi connectivity index (χ4n) is 3.18. The van der Waals surface area contributed by atoms with Crippen molar-refractivity contribution in [3.63, 3.8) is 0 Å². The number of fused-ring (bicyclic) bond motifs is 1. The quantitative estimate of drug-likeness (QED) is 0.579. The van der Waals surface area contributed by atoms with E-state index in [-0.39, 0.29) is 25.4 Å². The van der Waals surface area contributed by atoms with Crippen LogP contribution < -0.4 is 5.32 Å². The Morgan fingerprint density at radius 2 is 1.75 bits per heavy atom. The van der Waals surface area contributed by atoms with Crippen LogP contribution >= 0.6 is 0 Å². The molecule has 148 valence electrons. The van der Waals surface area contributed by atoms with Crippen LogP contribution in [0.1, 0.15) is 11.1 Å². The summed E-state index contributed by atoms with van der Waals surface area (Å²) < 4.78 is 25.5. The minimum atomic E-state index is -3.33. The normalized spacial score (nSPS) is 11.8. The summed E-state index contributed by atoms with van der Waals surface area (Å²) in [4.78, 5) is 15.4. The average molecular weight is 400 g/mol. The largest absolute Gasteiger partial charge is 0.361 e. The van der Waals surface area contributed by atoms with E-state index in [9.17, 15) is 13.2 Å². The van der Waals surface area contributed by atoms with Gasteiger partial charge in [-0.3, -0.25) is 4.79 Å². The molecule has 1 heterocycles. The van der Waals surface area contributed by atoms with Crippen LogP contribution in [0.5, 0.6) is 0 Å². The van der Waals surface area contributed by atoms with E-state index in [2.05, 4.69) is 10.3 Å². The molecule has 0 saturated heterocycles. The summed E-state index contributed by atoms with van der Waals surface area (Å²) >= 11 is 0. The van der Waals surface area contributed by atoms with Crippen LogP contribution in [0.15, 0.2) is 60.8 Å². The Labute approximate surface area is 165 Å². The topological polar surface area (TPSA) is 82.3 Å². The number of hydrogen-bond donors (Lipinski definition) is 2. The van der Waals surface area contributed by atoms with E-state index < -0.39 is 10.0 Å². The van der Waals surface area contributed by atoms with Crippen LogP contribution in [0, 0.1) is 0 Å². The molecule has 2 N–H and O–H groups in total. The number of benzene rings is 2. The van der Waals surface area contributed by atoms with Crippen molar-refractivity contribution in [2.75, 3.05) is 25.9 Å². The van der Waals surface area contributed by atoms with Crippen LogP contribution in [-0.4, -0.2) is 49.5 Å². The smallest absolute Gasteiger partial charge is 0.224 e. The maximum absolute atomic E-state index is 12.3. The van der Waals surface area contributed by atoms with Gasteiger partial charge in [0.15, 0.2) is 0 Å². The molecular weight excluding hydrogens is 374 g/mol. The Morgan fingerprint density at radius 1 is 1.04 bits per heavy atom. The molecule has 7 heteroatoms. The summed E-state index contributed by atoms with van der Waals surface area (Å²) in [5.41, 5.74) is 3.01. The van der Waals surface area contributed by atoms with Gasteiger partial charge >= 0.3 is 0 Å². The minimum Gasteiger partial charge on any atom is -0.361 e. The molecule has 0 aliphatic rings. The van der Waals surface area contributed by atoms with Crippen molar-refractivity contribution in [1.82, 2.24) is 14.6 Å². The zero-order chi connectivity index (χ0) is 20.0. The average Bonchev–Trinajstić information content (AvgIpc) is 3.07. The lowest BCUT2D eigenvalue weighted by atomic mass is 10.1. The molecule has 0 unspecified atom stereocenters. The summed E-state index contributed by atoms with van der Waals surface area (Å²) in [6.45, 7) is 0.926. The molecule has 0 fully saturated rings. The highest BCUT2D eigenvalue weighted by atomic mass is 32.2. The van der Waals surface area contributed by atoms with Gasteiger partial charge in [-0.2, -0.15) is 0 Å². The number of H-pyrrole nitrogens is 1. The molecule has 6 nitrogen and oxygen atoms in total. The number of nitrogens with one attached hydrogen (secondary N) is 2. The predicted molar refractivity (Wildman–Crippen MR) is 112 cm³/mol. The number of aromatic nitrogens is 1. The Kier molecular flexibility index (Phi) is 6.49. The standard InChI is InChI=1S/C21H25N3O3S/c1-28(26,27)24(13-11-17-7-3-2-4-8-17)14-12-22-21(25)15-18-16-23-20-10-6-5-9-19(18)20/h2-10,16,23H,11-15H2,1H3,(H,22,25). The zero-order valence-corrected chi connectivity index (χ0v) is 16.7. The molecule has 0 spiro atoms. The molecule has 28 heavy (non-hydrogen) atoms. The fourth-order valence-corrected chi connectivity index (χ4v) is 4.02. The summed E-state index contributed by atoms with van der Waals surface area (Å²) in [5.74, 6) is -0.124. The number of aromatic amines is 1. The third-order valence-corrected chi connectivity index (χ3v) is 5.97. The fraction of sp³-hybridized carbons (Fsp3) is 0.286. The third kappa shape index (κ3) is 5.43. The van der Waals surface area contributed by atoms with Gasteiger partial charge in [-0.15, -0.1) is 0 Å². The molecule has 0 saturated carbocycles. The van der Waals surface area contributed by atoms with Crippen LogP contribution in [0.4, 0.5) is 0 Å². The number of sulfonamides is 1. The summed E-state index contributed by atoms with van der Waals surface area (Å²) in [5, 5.41) is 3.85. The summed E-state index contributed by atoms with van der Waals surface area (Å²) in [6, 6.07) is 17.6. The second kappa shape index (κ2) is 9.03. The summed E-state index contributed by atoms with van der Waals surface area (Å²) in [6.07, 6.45) is 3.93. The monoisotopic (exact) mass is 399 g/mol. The highest BCUT2D eigenvalue weighted by Crippen LogP contribution is 2.17. The van der Waals surface area contributed by atoms with Crippen molar-refractivity contribution in [3.8, 4) is 0 Å². The predicted octanol–water partition coefficient (Wildman–Crippen LogP) is 2.33. The van der Waals surface area contributed by atoms with Gasteiger partial charge in [0, 0.05) is 36.7 Å². The molecule has 1 amide bonds. The second-order valence-corrected chi connectivity index (χ2v) is 8.77. The Hall–Kier alpha value is -2.64. The number of rotatable bonds is 9. The number of para-hydroxylation sites is 1. The first-order valence-electron chi connectivity index (χ1n) is 9.24. The van der Waals surface area contributed by atoms with Crippen LogP contribution in [0.3, 0.4) is 0 Å². The molecule has 0 radical (unpaired) electrons. The Bertz CT molecular complexity index is 1030. The highest BCUT2D eigenvalue weighted by molar-refractivity contribution is 7.88. The first kappa shape index (κ1) is 20.1. The maximum Gasteiger partial charge on any atom is 0.224 e. The first-order chi connectivity index (χ1) is 13.4. The molecule has 0 bridgehead atoms. The van der Waals surface area contributed by atoms with E-state index in [1.54, 1.807) is 0 Å². The lowest BCUT2D eigenvalue weighted by Gasteiger charge is -2.20. The van der Waals surface area contributed by atoms with E-state index in [4.69, 9.17) is 0 Å². The lowest BCUT2D eigenvalue weighted by molar-refractivity contribution is -0.120. The van der Waals surface area contributed by atoms with E-state index in [0.717, 1.165) is 22.0 Å². The Morgan fingerprint density at radius 3 is 2.50 bits per heavy atom. The molecule has 1 aromatic heterocycles. The molecule has 2 aromatic carbocycles. The van der Waals surface area contributed by atoms with Crippen LogP contribution in [-0.2, 0) is 27.7 Å².